The topological polar surface area (TPSA) is 94.3 Å². The van der Waals surface area contributed by atoms with Crippen molar-refractivity contribution in [2.45, 2.75) is 17.4 Å². The highest BCUT2D eigenvalue weighted by Crippen LogP contribution is 2.32. The number of ketones is 1. The van der Waals surface area contributed by atoms with Crippen LogP contribution in [-0.4, -0.2) is 33.7 Å². The van der Waals surface area contributed by atoms with Gasteiger partial charge in [0.1, 0.15) is 5.75 Å². The molecule has 142 valence electrons. The molecule has 0 saturated carbocycles. The van der Waals surface area contributed by atoms with Crippen LogP contribution < -0.4 is 10.1 Å². The van der Waals surface area contributed by atoms with Crippen LogP contribution in [0.5, 0.6) is 5.75 Å². The van der Waals surface area contributed by atoms with Gasteiger partial charge in [-0.05, 0) is 49.4 Å². The zero-order chi connectivity index (χ0) is 19.7. The standard InChI is InChI=1S/C19H14ClN3O4S/c1-10(17(25)12-4-7-15-14(8-12)21-16(24)9-26-15)28-19-23-22-18(27-19)11-2-5-13(20)6-3-11/h2-8,10H,9H2,1H3,(H,21,24)/t10-/m1/s1. The number of amides is 1. The highest BCUT2D eigenvalue weighted by Gasteiger charge is 2.23. The minimum Gasteiger partial charge on any atom is -0.482 e. The summed E-state index contributed by atoms with van der Waals surface area (Å²) in [7, 11) is 0. The van der Waals surface area contributed by atoms with Gasteiger partial charge in [-0.25, -0.2) is 0 Å². The van der Waals surface area contributed by atoms with Crippen LogP contribution in [0.3, 0.4) is 0 Å². The van der Waals surface area contributed by atoms with Gasteiger partial charge in [-0.15, -0.1) is 10.2 Å². The van der Waals surface area contributed by atoms with Crippen LogP contribution in [0.25, 0.3) is 11.5 Å². The van der Waals surface area contributed by atoms with Crippen molar-refractivity contribution < 1.29 is 18.7 Å². The van der Waals surface area contributed by atoms with Crippen LogP contribution in [0, 0.1) is 0 Å². The summed E-state index contributed by atoms with van der Waals surface area (Å²) < 4.78 is 10.9. The van der Waals surface area contributed by atoms with Gasteiger partial charge >= 0.3 is 0 Å². The van der Waals surface area contributed by atoms with E-state index in [0.29, 0.717) is 33.1 Å². The molecule has 9 heteroatoms. The van der Waals surface area contributed by atoms with Crippen LogP contribution in [0.4, 0.5) is 5.69 Å². The molecule has 2 aromatic carbocycles. The van der Waals surface area contributed by atoms with Crippen molar-refractivity contribution in [1.82, 2.24) is 10.2 Å². The lowest BCUT2D eigenvalue weighted by atomic mass is 10.1. The Kier molecular flexibility index (Phi) is 5.06. The summed E-state index contributed by atoms with van der Waals surface area (Å²) in [4.78, 5) is 24.2. The molecule has 1 aliphatic rings. The number of hydrogen-bond donors (Lipinski definition) is 1. The van der Waals surface area contributed by atoms with Crippen molar-refractivity contribution in [3.05, 3.63) is 53.1 Å². The van der Waals surface area contributed by atoms with Gasteiger partial charge in [0.2, 0.25) is 5.89 Å². The van der Waals surface area contributed by atoms with E-state index in [0.717, 1.165) is 5.56 Å². The Labute approximate surface area is 169 Å². The molecule has 0 radical (unpaired) electrons. The molecule has 0 aliphatic carbocycles. The van der Waals surface area contributed by atoms with Crippen LogP contribution in [0.15, 0.2) is 52.1 Å². The number of nitrogens with zero attached hydrogens (tertiary/aromatic N) is 2. The van der Waals surface area contributed by atoms with Crippen LogP contribution in [0.1, 0.15) is 17.3 Å². The van der Waals surface area contributed by atoms with Crippen LogP contribution in [-0.2, 0) is 4.79 Å². The first-order chi connectivity index (χ1) is 13.5. The highest BCUT2D eigenvalue weighted by atomic mass is 35.5. The highest BCUT2D eigenvalue weighted by molar-refractivity contribution is 8.00. The Morgan fingerprint density at radius 2 is 2.00 bits per heavy atom. The Morgan fingerprint density at radius 3 is 2.79 bits per heavy atom. The fourth-order valence-electron chi connectivity index (χ4n) is 2.64. The first-order valence-corrected chi connectivity index (χ1v) is 9.62. The third kappa shape index (κ3) is 3.88. The summed E-state index contributed by atoms with van der Waals surface area (Å²) in [5, 5.41) is 11.1. The summed E-state index contributed by atoms with van der Waals surface area (Å²) in [6, 6.07) is 12.0. The van der Waals surface area contributed by atoms with Crippen molar-refractivity contribution in [2.24, 2.45) is 0 Å². The molecule has 1 N–H and O–H groups in total. The van der Waals surface area contributed by atoms with Crippen LogP contribution in [0.2, 0.25) is 5.02 Å². The number of carbonyl (C=O) groups is 2. The number of Topliss-reactive ketones (excluding diaryl/α,β-unsaturated/α-hetero) is 1. The predicted molar refractivity (Wildman–Crippen MR) is 105 cm³/mol. The van der Waals surface area contributed by atoms with Gasteiger partial charge < -0.3 is 14.5 Å². The monoisotopic (exact) mass is 415 g/mol. The normalized spacial score (nSPS) is 14.0. The lowest BCUT2D eigenvalue weighted by Gasteiger charge is -2.18. The van der Waals surface area contributed by atoms with E-state index in [-0.39, 0.29) is 18.3 Å². The number of aromatic nitrogens is 2. The van der Waals surface area contributed by atoms with Crippen molar-refractivity contribution in [1.29, 1.82) is 0 Å². The van der Waals surface area contributed by atoms with Crippen molar-refractivity contribution in [3.63, 3.8) is 0 Å². The quantitative estimate of drug-likeness (QED) is 0.495. The molecular formula is C19H14ClN3O4S. The number of benzene rings is 2. The molecule has 4 rings (SSSR count). The summed E-state index contributed by atoms with van der Waals surface area (Å²) >= 11 is 7.05. The second-order valence-corrected chi connectivity index (χ2v) is 7.78. The Balaban J connectivity index is 1.47. The number of thioether (sulfide) groups is 1. The zero-order valence-corrected chi connectivity index (χ0v) is 16.2. The number of ether oxygens (including phenoxy) is 1. The second kappa shape index (κ2) is 7.65. The third-order valence-corrected chi connectivity index (χ3v) is 5.23. The van der Waals surface area contributed by atoms with Gasteiger partial charge in [0.25, 0.3) is 11.1 Å². The molecular weight excluding hydrogens is 402 g/mol. The first-order valence-electron chi connectivity index (χ1n) is 8.36. The minimum absolute atomic E-state index is 0.0281. The number of hydrogen-bond acceptors (Lipinski definition) is 7. The Bertz CT molecular complexity index is 1050. The van der Waals surface area contributed by atoms with E-state index < -0.39 is 5.25 Å². The molecule has 0 spiro atoms. The molecule has 2 heterocycles. The van der Waals surface area contributed by atoms with Gasteiger partial charge in [-0.3, -0.25) is 9.59 Å². The lowest BCUT2D eigenvalue weighted by Crippen LogP contribution is -2.25. The van der Waals surface area contributed by atoms with Gasteiger partial charge in [0.15, 0.2) is 12.4 Å². The molecule has 7 nitrogen and oxygen atoms in total. The van der Waals surface area contributed by atoms with Gasteiger partial charge in [-0.1, -0.05) is 23.4 Å². The third-order valence-electron chi connectivity index (χ3n) is 4.04. The second-order valence-electron chi connectivity index (χ2n) is 6.05. The number of rotatable bonds is 5. The summed E-state index contributed by atoms with van der Waals surface area (Å²) in [6.45, 7) is 1.73. The van der Waals surface area contributed by atoms with E-state index in [1.807, 2.05) is 0 Å². The molecule has 0 unspecified atom stereocenters. The summed E-state index contributed by atoms with van der Waals surface area (Å²) in [5.41, 5.74) is 1.69. The summed E-state index contributed by atoms with van der Waals surface area (Å²) in [5.74, 6) is 0.521. The fourth-order valence-corrected chi connectivity index (χ4v) is 3.53. The smallest absolute Gasteiger partial charge is 0.277 e. The number of fused-ring (bicyclic) bond motifs is 1. The van der Waals surface area contributed by atoms with Crippen molar-refractivity contribution in [3.8, 4) is 17.2 Å². The van der Waals surface area contributed by atoms with E-state index in [2.05, 4.69) is 15.5 Å². The van der Waals surface area contributed by atoms with E-state index in [1.54, 1.807) is 49.4 Å². The largest absolute Gasteiger partial charge is 0.482 e. The fraction of sp³-hybridized carbons (Fsp3) is 0.158. The van der Waals surface area contributed by atoms with Gasteiger partial charge in [-0.2, -0.15) is 0 Å². The Morgan fingerprint density at radius 1 is 1.21 bits per heavy atom. The minimum atomic E-state index is -0.461. The van der Waals surface area contributed by atoms with Crippen molar-refractivity contribution >= 4 is 40.7 Å². The number of halogens is 1. The number of nitrogens with one attached hydrogen (secondary N) is 1. The molecule has 28 heavy (non-hydrogen) atoms. The molecule has 3 aromatic rings. The SMILES string of the molecule is C[C@@H](Sc1nnc(-c2ccc(Cl)cc2)o1)C(=O)c1ccc2c(c1)NC(=O)CO2. The number of carbonyl (C=O) groups excluding carboxylic acids is 2. The first kappa shape index (κ1) is 18.5. The molecule has 1 aromatic heterocycles. The number of anilines is 1. The van der Waals surface area contributed by atoms with E-state index in [9.17, 15) is 9.59 Å². The average molecular weight is 416 g/mol. The zero-order valence-electron chi connectivity index (χ0n) is 14.6. The van der Waals surface area contributed by atoms with Gasteiger partial charge in [0, 0.05) is 16.1 Å². The van der Waals surface area contributed by atoms with Crippen molar-refractivity contribution in [2.75, 3.05) is 11.9 Å². The predicted octanol–water partition coefficient (Wildman–Crippen LogP) is 4.08. The molecule has 1 aliphatic heterocycles. The molecule has 1 atom stereocenters. The Hall–Kier alpha value is -2.84. The van der Waals surface area contributed by atoms with Gasteiger partial charge in [0.05, 0.1) is 10.9 Å². The lowest BCUT2D eigenvalue weighted by molar-refractivity contribution is -0.118. The van der Waals surface area contributed by atoms with E-state index in [1.165, 1.54) is 11.8 Å². The molecule has 0 fully saturated rings. The summed E-state index contributed by atoms with van der Waals surface area (Å²) in [6.07, 6.45) is 0. The van der Waals surface area contributed by atoms with E-state index in [4.69, 9.17) is 20.8 Å². The molecule has 0 saturated heterocycles. The van der Waals surface area contributed by atoms with E-state index >= 15 is 0 Å². The average Bonchev–Trinajstić information content (AvgIpc) is 3.15. The maximum atomic E-state index is 12.8. The molecule has 1 amide bonds. The van der Waals surface area contributed by atoms with Crippen LogP contribution >= 0.6 is 23.4 Å². The maximum absolute atomic E-state index is 12.8. The maximum Gasteiger partial charge on any atom is 0.277 e. The molecule has 0 bridgehead atoms.